The van der Waals surface area contributed by atoms with Gasteiger partial charge in [0.2, 0.25) is 5.91 Å². The van der Waals surface area contributed by atoms with Crippen molar-refractivity contribution in [2.45, 2.75) is 5.75 Å². The number of carbonyl (C=O) groups is 1. The van der Waals surface area contributed by atoms with Crippen LogP contribution in [0.25, 0.3) is 0 Å². The lowest BCUT2D eigenvalue weighted by Gasteiger charge is -2.39. The molecule has 1 amide bonds. The minimum Gasteiger partial charge on any atom is -0.339 e. The van der Waals surface area contributed by atoms with Crippen molar-refractivity contribution in [3.05, 3.63) is 22.4 Å². The first-order chi connectivity index (χ1) is 12.5. The average molecular weight is 419 g/mol. The van der Waals surface area contributed by atoms with E-state index in [2.05, 4.69) is 11.0 Å². The number of hydrogen-bond donors (Lipinski definition) is 0. The Kier molecular flexibility index (Phi) is 6.98. The maximum atomic E-state index is 12.8. The summed E-state index contributed by atoms with van der Waals surface area (Å²) in [6, 6.07) is 4.09. The molecule has 0 radical (unpaired) electrons. The Hall–Kier alpha value is -0.650. The molecular formula is C16H26N4O3S3. The summed E-state index contributed by atoms with van der Waals surface area (Å²) in [5.74, 6) is 1.40. The Balaban J connectivity index is 1.43. The minimum atomic E-state index is -3.41. The number of piperazine rings is 2. The molecule has 146 valence electrons. The highest BCUT2D eigenvalue weighted by Gasteiger charge is 2.34. The Labute approximate surface area is 164 Å². The topological polar surface area (TPSA) is 64.2 Å². The van der Waals surface area contributed by atoms with Gasteiger partial charge in [0.25, 0.3) is 10.2 Å². The quantitative estimate of drug-likeness (QED) is 0.678. The van der Waals surface area contributed by atoms with Crippen LogP contribution in [0, 0.1) is 0 Å². The molecule has 2 aliphatic rings. The molecule has 26 heavy (non-hydrogen) atoms. The monoisotopic (exact) mass is 418 g/mol. The largest absolute Gasteiger partial charge is 0.339 e. The standard InChI is InChI=1S/C16H26N4O3S3/c1-17-4-8-19(9-5-17)26(22,23)20-10-6-18(7-11-20)16(21)14-24-13-15-3-2-12-25-15/h2-3,12H,4-11,13-14H2,1H3. The van der Waals surface area contributed by atoms with Crippen LogP contribution in [-0.4, -0.2) is 97.9 Å². The number of hydrogen-bond acceptors (Lipinski definition) is 6. The van der Waals surface area contributed by atoms with E-state index in [9.17, 15) is 13.2 Å². The van der Waals surface area contributed by atoms with E-state index >= 15 is 0 Å². The number of carbonyl (C=O) groups excluding carboxylic acids is 1. The molecule has 0 spiro atoms. The van der Waals surface area contributed by atoms with E-state index in [0.717, 1.165) is 18.8 Å². The molecule has 2 aliphatic heterocycles. The molecule has 1 aromatic rings. The van der Waals surface area contributed by atoms with Crippen molar-refractivity contribution < 1.29 is 13.2 Å². The fourth-order valence-corrected chi connectivity index (χ4v) is 6.42. The highest BCUT2D eigenvalue weighted by Crippen LogP contribution is 2.19. The summed E-state index contributed by atoms with van der Waals surface area (Å²) in [5.41, 5.74) is 0. The Bertz CT molecular complexity index is 680. The molecule has 0 unspecified atom stereocenters. The normalized spacial score (nSPS) is 21.2. The van der Waals surface area contributed by atoms with E-state index in [1.165, 1.54) is 9.18 Å². The molecule has 10 heteroatoms. The lowest BCUT2D eigenvalue weighted by atomic mass is 10.3. The fraction of sp³-hybridized carbons (Fsp3) is 0.688. The molecule has 0 N–H and O–H groups in total. The van der Waals surface area contributed by atoms with Gasteiger partial charge in [0, 0.05) is 63.0 Å². The van der Waals surface area contributed by atoms with E-state index in [-0.39, 0.29) is 5.91 Å². The summed E-state index contributed by atoms with van der Waals surface area (Å²) in [6.07, 6.45) is 0. The third-order valence-electron chi connectivity index (χ3n) is 4.76. The van der Waals surface area contributed by atoms with Gasteiger partial charge in [-0.2, -0.15) is 17.0 Å². The predicted octanol–water partition coefficient (Wildman–Crippen LogP) is 0.618. The molecule has 0 saturated carbocycles. The van der Waals surface area contributed by atoms with Crippen molar-refractivity contribution >= 4 is 39.2 Å². The van der Waals surface area contributed by atoms with Crippen molar-refractivity contribution in [3.8, 4) is 0 Å². The molecule has 3 heterocycles. The first-order valence-electron chi connectivity index (χ1n) is 8.78. The third-order valence-corrected chi connectivity index (χ3v) is 8.82. The van der Waals surface area contributed by atoms with Gasteiger partial charge in [0.1, 0.15) is 0 Å². The smallest absolute Gasteiger partial charge is 0.282 e. The molecule has 2 fully saturated rings. The van der Waals surface area contributed by atoms with Crippen molar-refractivity contribution in [2.75, 3.05) is 65.2 Å². The van der Waals surface area contributed by atoms with Crippen LogP contribution in [0.2, 0.25) is 0 Å². The lowest BCUT2D eigenvalue weighted by molar-refractivity contribution is -0.129. The van der Waals surface area contributed by atoms with Gasteiger partial charge in [-0.15, -0.1) is 23.1 Å². The van der Waals surface area contributed by atoms with Crippen molar-refractivity contribution in [2.24, 2.45) is 0 Å². The highest BCUT2D eigenvalue weighted by atomic mass is 32.2. The van der Waals surface area contributed by atoms with Gasteiger partial charge in [-0.3, -0.25) is 4.79 Å². The second kappa shape index (κ2) is 9.03. The van der Waals surface area contributed by atoms with E-state index in [1.807, 2.05) is 18.5 Å². The zero-order valence-corrected chi connectivity index (χ0v) is 17.5. The molecule has 0 aromatic carbocycles. The molecule has 0 bridgehead atoms. The summed E-state index contributed by atoms with van der Waals surface area (Å²) >= 11 is 3.32. The molecule has 0 aliphatic carbocycles. The molecule has 0 atom stereocenters. The molecular weight excluding hydrogens is 392 g/mol. The molecule has 7 nitrogen and oxygen atoms in total. The maximum Gasteiger partial charge on any atom is 0.282 e. The SMILES string of the molecule is CN1CCN(S(=O)(=O)N2CCN(C(=O)CSCc3cccs3)CC2)CC1. The van der Waals surface area contributed by atoms with E-state index in [4.69, 9.17) is 0 Å². The Morgan fingerprint density at radius 1 is 1.08 bits per heavy atom. The first kappa shape index (κ1) is 20.1. The maximum absolute atomic E-state index is 12.8. The number of thiophene rings is 1. The van der Waals surface area contributed by atoms with Crippen LogP contribution in [0.5, 0.6) is 0 Å². The van der Waals surface area contributed by atoms with Gasteiger partial charge in [0.05, 0.1) is 5.75 Å². The first-order valence-corrected chi connectivity index (χ1v) is 12.2. The highest BCUT2D eigenvalue weighted by molar-refractivity contribution is 7.99. The minimum absolute atomic E-state index is 0.100. The van der Waals surface area contributed by atoms with Gasteiger partial charge in [0.15, 0.2) is 0 Å². The van der Waals surface area contributed by atoms with Gasteiger partial charge in [-0.05, 0) is 18.5 Å². The van der Waals surface area contributed by atoms with Crippen LogP contribution in [0.4, 0.5) is 0 Å². The number of nitrogens with zero attached hydrogens (tertiary/aromatic N) is 4. The van der Waals surface area contributed by atoms with Crippen LogP contribution in [-0.2, 0) is 20.8 Å². The Morgan fingerprint density at radius 2 is 1.69 bits per heavy atom. The van der Waals surface area contributed by atoms with Crippen LogP contribution >= 0.6 is 23.1 Å². The molecule has 1 aromatic heterocycles. The van der Waals surface area contributed by atoms with Crippen molar-refractivity contribution in [1.82, 2.24) is 18.4 Å². The van der Waals surface area contributed by atoms with E-state index in [1.54, 1.807) is 32.3 Å². The predicted molar refractivity (Wildman–Crippen MR) is 107 cm³/mol. The summed E-state index contributed by atoms with van der Waals surface area (Å²) in [5, 5.41) is 2.04. The second-order valence-corrected chi connectivity index (χ2v) is 10.5. The lowest BCUT2D eigenvalue weighted by Crippen LogP contribution is -2.57. The van der Waals surface area contributed by atoms with Crippen LogP contribution < -0.4 is 0 Å². The summed E-state index contributed by atoms with van der Waals surface area (Å²) < 4.78 is 28.6. The molecule has 2 saturated heterocycles. The van der Waals surface area contributed by atoms with Crippen molar-refractivity contribution in [3.63, 3.8) is 0 Å². The fourth-order valence-electron chi connectivity index (χ4n) is 3.08. The number of thioether (sulfide) groups is 1. The number of amides is 1. The van der Waals surface area contributed by atoms with Gasteiger partial charge in [-0.1, -0.05) is 6.07 Å². The zero-order valence-electron chi connectivity index (χ0n) is 15.0. The van der Waals surface area contributed by atoms with Crippen molar-refractivity contribution in [1.29, 1.82) is 0 Å². The third kappa shape index (κ3) is 4.99. The van der Waals surface area contributed by atoms with Gasteiger partial charge >= 0.3 is 0 Å². The average Bonchev–Trinajstić information content (AvgIpc) is 3.15. The van der Waals surface area contributed by atoms with Crippen LogP contribution in [0.1, 0.15) is 4.88 Å². The number of likely N-dealkylation sites (N-methyl/N-ethyl adjacent to an activating group) is 1. The molecule has 3 rings (SSSR count). The number of rotatable bonds is 6. The summed E-state index contributed by atoms with van der Waals surface area (Å²) in [4.78, 5) is 17.5. The zero-order chi connectivity index (χ0) is 18.6. The van der Waals surface area contributed by atoms with Gasteiger partial charge in [-0.25, -0.2) is 0 Å². The second-order valence-electron chi connectivity index (χ2n) is 6.56. The summed E-state index contributed by atoms with van der Waals surface area (Å²) in [6.45, 7) is 4.33. The van der Waals surface area contributed by atoms with Gasteiger partial charge < -0.3 is 9.80 Å². The summed E-state index contributed by atoms with van der Waals surface area (Å²) in [7, 11) is -1.40. The van der Waals surface area contributed by atoms with Crippen LogP contribution in [0.3, 0.4) is 0 Å². The van der Waals surface area contributed by atoms with Crippen LogP contribution in [0.15, 0.2) is 17.5 Å². The Morgan fingerprint density at radius 3 is 2.27 bits per heavy atom. The van der Waals surface area contributed by atoms with E-state index in [0.29, 0.717) is 45.0 Å². The van der Waals surface area contributed by atoms with E-state index < -0.39 is 10.2 Å².